The van der Waals surface area contributed by atoms with E-state index in [2.05, 4.69) is 10.6 Å². The largest absolute Gasteiger partial charge is 0.322 e. The molecule has 5 heteroatoms. The summed E-state index contributed by atoms with van der Waals surface area (Å²) in [4.78, 5) is 11.6. The van der Waals surface area contributed by atoms with Crippen LogP contribution in [-0.2, 0) is 4.79 Å². The first-order valence-electron chi connectivity index (χ1n) is 5.14. The van der Waals surface area contributed by atoms with Gasteiger partial charge in [-0.1, -0.05) is 29.3 Å². The number of hydrogen-bond acceptors (Lipinski definition) is 2. The van der Waals surface area contributed by atoms with Gasteiger partial charge in [0.2, 0.25) is 5.91 Å². The molecule has 1 aliphatic carbocycles. The molecule has 1 aromatic carbocycles. The molecule has 1 amide bonds. The second-order valence-corrected chi connectivity index (χ2v) is 4.61. The average molecular weight is 259 g/mol. The first kappa shape index (κ1) is 11.7. The van der Waals surface area contributed by atoms with Gasteiger partial charge in [0.1, 0.15) is 0 Å². The zero-order valence-electron chi connectivity index (χ0n) is 8.59. The van der Waals surface area contributed by atoms with E-state index in [-0.39, 0.29) is 5.91 Å². The molecule has 0 aromatic heterocycles. The second-order valence-electron chi connectivity index (χ2n) is 3.80. The molecule has 1 fully saturated rings. The van der Waals surface area contributed by atoms with Gasteiger partial charge in [0.05, 0.1) is 22.3 Å². The van der Waals surface area contributed by atoms with Gasteiger partial charge in [0.15, 0.2) is 0 Å². The van der Waals surface area contributed by atoms with Crippen molar-refractivity contribution >= 4 is 34.8 Å². The molecule has 0 radical (unpaired) electrons. The van der Waals surface area contributed by atoms with Gasteiger partial charge in [-0.25, -0.2) is 0 Å². The van der Waals surface area contributed by atoms with Crippen LogP contribution < -0.4 is 10.6 Å². The Balaban J connectivity index is 1.93. The zero-order chi connectivity index (χ0) is 11.5. The maximum atomic E-state index is 11.6. The van der Waals surface area contributed by atoms with Gasteiger partial charge < -0.3 is 10.6 Å². The highest BCUT2D eigenvalue weighted by Gasteiger charge is 2.21. The Morgan fingerprint density at radius 1 is 1.31 bits per heavy atom. The summed E-state index contributed by atoms with van der Waals surface area (Å²) >= 11 is 11.9. The molecule has 0 heterocycles. The van der Waals surface area contributed by atoms with E-state index >= 15 is 0 Å². The molecular weight excluding hydrogens is 247 g/mol. The number of halogens is 2. The lowest BCUT2D eigenvalue weighted by Gasteiger charge is -2.09. The van der Waals surface area contributed by atoms with Crippen molar-refractivity contribution in [3.8, 4) is 0 Å². The number of anilines is 1. The van der Waals surface area contributed by atoms with Crippen LogP contribution in [0, 0.1) is 0 Å². The van der Waals surface area contributed by atoms with Gasteiger partial charge in [-0.3, -0.25) is 4.79 Å². The standard InChI is InChI=1S/C11H12Cl2N2O/c12-8-2-1-3-9(13)11(8)15-10(16)6-14-7-4-5-7/h1-3,7,14H,4-6H2,(H,15,16). The van der Waals surface area contributed by atoms with Crippen LogP contribution in [0.3, 0.4) is 0 Å². The van der Waals surface area contributed by atoms with Crippen LogP contribution in [0.2, 0.25) is 10.0 Å². The molecule has 0 unspecified atom stereocenters. The molecule has 3 nitrogen and oxygen atoms in total. The van der Waals surface area contributed by atoms with Crippen LogP contribution in [-0.4, -0.2) is 18.5 Å². The number of hydrogen-bond donors (Lipinski definition) is 2. The SMILES string of the molecule is O=C(CNC1CC1)Nc1c(Cl)cccc1Cl. The van der Waals surface area contributed by atoms with Crippen LogP contribution in [0.4, 0.5) is 5.69 Å². The molecule has 0 aliphatic heterocycles. The Morgan fingerprint density at radius 3 is 2.50 bits per heavy atom. The van der Waals surface area contributed by atoms with Crippen LogP contribution in [0.25, 0.3) is 0 Å². The van der Waals surface area contributed by atoms with Gasteiger partial charge in [-0.2, -0.15) is 0 Å². The Hall–Kier alpha value is -0.770. The van der Waals surface area contributed by atoms with E-state index in [1.165, 1.54) is 0 Å². The predicted octanol–water partition coefficient (Wildman–Crippen LogP) is 2.68. The minimum Gasteiger partial charge on any atom is -0.322 e. The summed E-state index contributed by atoms with van der Waals surface area (Å²) in [6, 6.07) is 5.63. The highest BCUT2D eigenvalue weighted by Crippen LogP contribution is 2.29. The lowest BCUT2D eigenvalue weighted by Crippen LogP contribution is -2.29. The molecule has 0 atom stereocenters. The fourth-order valence-electron chi connectivity index (χ4n) is 1.33. The summed E-state index contributed by atoms with van der Waals surface area (Å²) < 4.78 is 0. The molecule has 1 aliphatic rings. The molecule has 0 bridgehead atoms. The average Bonchev–Trinajstić information content (AvgIpc) is 3.04. The summed E-state index contributed by atoms with van der Waals surface area (Å²) in [6.45, 7) is 0.298. The van der Waals surface area contributed by atoms with Crippen LogP contribution in [0.1, 0.15) is 12.8 Å². The van der Waals surface area contributed by atoms with Crippen molar-refractivity contribution < 1.29 is 4.79 Å². The Kier molecular flexibility index (Phi) is 3.69. The molecule has 2 N–H and O–H groups in total. The number of amides is 1. The molecule has 0 spiro atoms. The summed E-state index contributed by atoms with van der Waals surface area (Å²) in [6.07, 6.45) is 2.31. The van der Waals surface area contributed by atoms with E-state index in [4.69, 9.17) is 23.2 Å². The topological polar surface area (TPSA) is 41.1 Å². The maximum Gasteiger partial charge on any atom is 0.238 e. The van der Waals surface area contributed by atoms with E-state index in [0.29, 0.717) is 28.3 Å². The molecule has 16 heavy (non-hydrogen) atoms. The van der Waals surface area contributed by atoms with Crippen LogP contribution in [0.5, 0.6) is 0 Å². The number of nitrogens with one attached hydrogen (secondary N) is 2. The summed E-state index contributed by atoms with van der Waals surface area (Å²) in [5.41, 5.74) is 0.480. The smallest absolute Gasteiger partial charge is 0.238 e. The van der Waals surface area contributed by atoms with E-state index in [9.17, 15) is 4.79 Å². The van der Waals surface area contributed by atoms with Crippen molar-refractivity contribution in [1.29, 1.82) is 0 Å². The quantitative estimate of drug-likeness (QED) is 0.872. The van der Waals surface area contributed by atoms with Crippen LogP contribution in [0.15, 0.2) is 18.2 Å². The number of rotatable bonds is 4. The second kappa shape index (κ2) is 5.04. The number of carbonyl (C=O) groups is 1. The first-order chi connectivity index (χ1) is 7.66. The number of benzene rings is 1. The Bertz CT molecular complexity index is 385. The Morgan fingerprint density at radius 2 is 1.94 bits per heavy atom. The molecule has 2 rings (SSSR count). The van der Waals surface area contributed by atoms with Gasteiger partial charge in [0, 0.05) is 6.04 Å². The first-order valence-corrected chi connectivity index (χ1v) is 5.89. The molecule has 1 saturated carbocycles. The summed E-state index contributed by atoms with van der Waals surface area (Å²) in [5, 5.41) is 6.72. The predicted molar refractivity (Wildman–Crippen MR) is 66.1 cm³/mol. The van der Waals surface area contributed by atoms with Crippen molar-refractivity contribution in [2.75, 3.05) is 11.9 Å². The normalized spacial score (nSPS) is 14.9. The summed E-state index contributed by atoms with van der Waals surface area (Å²) in [7, 11) is 0. The van der Waals surface area contributed by atoms with Crippen molar-refractivity contribution in [3.63, 3.8) is 0 Å². The van der Waals surface area contributed by atoms with Gasteiger partial charge in [-0.05, 0) is 25.0 Å². The highest BCUT2D eigenvalue weighted by atomic mass is 35.5. The zero-order valence-corrected chi connectivity index (χ0v) is 10.1. The van der Waals surface area contributed by atoms with E-state index in [1.807, 2.05) is 0 Å². The number of carbonyl (C=O) groups excluding carboxylic acids is 1. The van der Waals surface area contributed by atoms with Gasteiger partial charge >= 0.3 is 0 Å². The molecular formula is C11H12Cl2N2O. The third kappa shape index (κ3) is 3.11. The third-order valence-electron chi connectivity index (χ3n) is 2.36. The minimum absolute atomic E-state index is 0.123. The molecule has 86 valence electrons. The molecule has 1 aromatic rings. The Labute approximate surface area is 104 Å². The number of para-hydroxylation sites is 1. The van der Waals surface area contributed by atoms with Crippen molar-refractivity contribution in [3.05, 3.63) is 28.2 Å². The van der Waals surface area contributed by atoms with Crippen LogP contribution >= 0.6 is 23.2 Å². The molecule has 0 saturated heterocycles. The van der Waals surface area contributed by atoms with Gasteiger partial charge in [-0.15, -0.1) is 0 Å². The maximum absolute atomic E-state index is 11.6. The third-order valence-corrected chi connectivity index (χ3v) is 2.99. The van der Waals surface area contributed by atoms with Crippen molar-refractivity contribution in [2.24, 2.45) is 0 Å². The minimum atomic E-state index is -0.123. The summed E-state index contributed by atoms with van der Waals surface area (Å²) in [5.74, 6) is -0.123. The van der Waals surface area contributed by atoms with Crippen molar-refractivity contribution in [1.82, 2.24) is 5.32 Å². The fourth-order valence-corrected chi connectivity index (χ4v) is 1.82. The van der Waals surface area contributed by atoms with E-state index in [0.717, 1.165) is 12.8 Å². The monoisotopic (exact) mass is 258 g/mol. The lowest BCUT2D eigenvalue weighted by molar-refractivity contribution is -0.115. The van der Waals surface area contributed by atoms with E-state index in [1.54, 1.807) is 18.2 Å². The fraction of sp³-hybridized carbons (Fsp3) is 0.364. The van der Waals surface area contributed by atoms with E-state index < -0.39 is 0 Å². The van der Waals surface area contributed by atoms with Crippen molar-refractivity contribution in [2.45, 2.75) is 18.9 Å². The van der Waals surface area contributed by atoms with Gasteiger partial charge in [0.25, 0.3) is 0 Å². The highest BCUT2D eigenvalue weighted by molar-refractivity contribution is 6.39. The lowest BCUT2D eigenvalue weighted by atomic mass is 10.3.